The molecule has 1 saturated heterocycles. The van der Waals surface area contributed by atoms with E-state index in [9.17, 15) is 8.42 Å². The monoisotopic (exact) mass is 299 g/mol. The van der Waals surface area contributed by atoms with Gasteiger partial charge in [0.1, 0.15) is 0 Å². The second-order valence-electron chi connectivity index (χ2n) is 5.17. The van der Waals surface area contributed by atoms with Crippen molar-refractivity contribution in [2.24, 2.45) is 5.92 Å². The minimum atomic E-state index is -3.32. The van der Waals surface area contributed by atoms with Gasteiger partial charge in [-0.25, -0.2) is 13.1 Å². The molecule has 1 aromatic rings. The van der Waals surface area contributed by atoms with Gasteiger partial charge in [0, 0.05) is 13.2 Å². The molecule has 1 aliphatic rings. The van der Waals surface area contributed by atoms with Gasteiger partial charge in [-0.05, 0) is 29.9 Å². The normalized spacial score (nSPS) is 19.9. The van der Waals surface area contributed by atoms with Crippen molar-refractivity contribution in [3.05, 3.63) is 35.4 Å². The molecule has 0 saturated carbocycles. The van der Waals surface area contributed by atoms with E-state index in [1.807, 2.05) is 0 Å². The fraction of sp³-hybridized carbons (Fsp3) is 0.571. The molecule has 6 heteroatoms. The van der Waals surface area contributed by atoms with Crippen LogP contribution in [0.15, 0.2) is 24.3 Å². The summed E-state index contributed by atoms with van der Waals surface area (Å²) in [6.45, 7) is 1.82. The number of benzene rings is 1. The third-order valence-corrected chi connectivity index (χ3v) is 4.73. The molecule has 0 spiro atoms. The van der Waals surface area contributed by atoms with Crippen molar-refractivity contribution in [3.8, 4) is 0 Å². The Kier molecular flexibility index (Phi) is 5.54. The molecule has 0 amide bonds. The van der Waals surface area contributed by atoms with E-state index in [4.69, 9.17) is 9.84 Å². The number of aliphatic hydroxyl groups excluding tert-OH is 1. The van der Waals surface area contributed by atoms with Gasteiger partial charge in [0.15, 0.2) is 0 Å². The summed E-state index contributed by atoms with van der Waals surface area (Å²) in [5.74, 6) is 0.238. The van der Waals surface area contributed by atoms with Crippen molar-refractivity contribution >= 4 is 10.0 Å². The molecule has 1 heterocycles. The number of ether oxygens (including phenoxy) is 1. The Bertz CT molecular complexity index is 506. The molecule has 1 unspecified atom stereocenters. The van der Waals surface area contributed by atoms with Crippen molar-refractivity contribution in [3.63, 3.8) is 0 Å². The number of hydrogen-bond donors (Lipinski definition) is 2. The largest absolute Gasteiger partial charge is 0.392 e. The van der Waals surface area contributed by atoms with Crippen LogP contribution in [0.3, 0.4) is 0 Å². The van der Waals surface area contributed by atoms with Crippen LogP contribution in [0.2, 0.25) is 0 Å². The van der Waals surface area contributed by atoms with Gasteiger partial charge in [0.2, 0.25) is 10.0 Å². The molecule has 1 aliphatic heterocycles. The SMILES string of the molecule is O=S(=O)(Cc1ccc(CO)cc1)NCC1CCCOC1. The lowest BCUT2D eigenvalue weighted by molar-refractivity contribution is 0.0568. The molecular formula is C14H21NO4S. The van der Waals surface area contributed by atoms with Gasteiger partial charge >= 0.3 is 0 Å². The Balaban J connectivity index is 1.85. The predicted molar refractivity (Wildman–Crippen MR) is 76.5 cm³/mol. The van der Waals surface area contributed by atoms with Crippen LogP contribution in [0.1, 0.15) is 24.0 Å². The highest BCUT2D eigenvalue weighted by molar-refractivity contribution is 7.88. The molecule has 5 nitrogen and oxygen atoms in total. The average Bonchev–Trinajstić information content (AvgIpc) is 2.47. The van der Waals surface area contributed by atoms with Crippen LogP contribution < -0.4 is 4.72 Å². The lowest BCUT2D eigenvalue weighted by Crippen LogP contribution is -2.33. The summed E-state index contributed by atoms with van der Waals surface area (Å²) in [5, 5.41) is 8.95. The van der Waals surface area contributed by atoms with E-state index >= 15 is 0 Å². The van der Waals surface area contributed by atoms with E-state index in [-0.39, 0.29) is 18.3 Å². The summed E-state index contributed by atoms with van der Waals surface area (Å²) in [5.41, 5.74) is 1.49. The highest BCUT2D eigenvalue weighted by Gasteiger charge is 2.17. The zero-order chi connectivity index (χ0) is 14.4. The van der Waals surface area contributed by atoms with Crippen LogP contribution in [0, 0.1) is 5.92 Å². The third-order valence-electron chi connectivity index (χ3n) is 3.41. The summed E-state index contributed by atoms with van der Waals surface area (Å²) in [6.07, 6.45) is 2.00. The number of rotatable bonds is 6. The van der Waals surface area contributed by atoms with Crippen LogP contribution in [0.25, 0.3) is 0 Å². The van der Waals surface area contributed by atoms with Crippen LogP contribution in [-0.4, -0.2) is 33.3 Å². The maximum Gasteiger partial charge on any atom is 0.215 e. The van der Waals surface area contributed by atoms with Crippen LogP contribution in [0.4, 0.5) is 0 Å². The van der Waals surface area contributed by atoms with E-state index < -0.39 is 10.0 Å². The highest BCUT2D eigenvalue weighted by atomic mass is 32.2. The molecule has 1 atom stereocenters. The lowest BCUT2D eigenvalue weighted by atomic mass is 10.0. The van der Waals surface area contributed by atoms with Crippen LogP contribution in [-0.2, 0) is 27.1 Å². The topological polar surface area (TPSA) is 75.6 Å². The maximum atomic E-state index is 12.0. The van der Waals surface area contributed by atoms with Gasteiger partial charge in [-0.15, -0.1) is 0 Å². The lowest BCUT2D eigenvalue weighted by Gasteiger charge is -2.22. The first-order valence-electron chi connectivity index (χ1n) is 6.83. The van der Waals surface area contributed by atoms with Crippen molar-refractivity contribution in [1.29, 1.82) is 0 Å². The number of aliphatic hydroxyl groups is 1. The van der Waals surface area contributed by atoms with Gasteiger partial charge in [0.25, 0.3) is 0 Å². The summed E-state index contributed by atoms with van der Waals surface area (Å²) >= 11 is 0. The quantitative estimate of drug-likeness (QED) is 0.822. The molecule has 20 heavy (non-hydrogen) atoms. The Morgan fingerprint density at radius 2 is 1.95 bits per heavy atom. The highest BCUT2D eigenvalue weighted by Crippen LogP contribution is 2.13. The minimum absolute atomic E-state index is 0.0348. The molecule has 1 aromatic carbocycles. The number of nitrogens with one attached hydrogen (secondary N) is 1. The van der Waals surface area contributed by atoms with Crippen LogP contribution >= 0.6 is 0 Å². The van der Waals surface area contributed by atoms with E-state index in [0.717, 1.165) is 30.6 Å². The molecule has 112 valence electrons. The zero-order valence-electron chi connectivity index (χ0n) is 11.4. The van der Waals surface area contributed by atoms with E-state index in [0.29, 0.717) is 13.2 Å². The van der Waals surface area contributed by atoms with Crippen molar-refractivity contribution in [1.82, 2.24) is 4.72 Å². The first kappa shape index (κ1) is 15.4. The first-order chi connectivity index (χ1) is 9.59. The summed E-state index contributed by atoms with van der Waals surface area (Å²) < 4.78 is 32.0. The standard InChI is InChI=1S/C14H21NO4S/c16-9-12-3-5-13(6-4-12)11-20(17,18)15-8-14-2-1-7-19-10-14/h3-6,14-16H,1-2,7-11H2. The molecule has 1 fully saturated rings. The van der Waals surface area contributed by atoms with Gasteiger partial charge in [-0.3, -0.25) is 0 Å². The van der Waals surface area contributed by atoms with Gasteiger partial charge in [-0.2, -0.15) is 0 Å². The molecule has 0 radical (unpaired) electrons. The molecule has 0 aliphatic carbocycles. The second kappa shape index (κ2) is 7.17. The fourth-order valence-electron chi connectivity index (χ4n) is 2.22. The van der Waals surface area contributed by atoms with Crippen molar-refractivity contribution < 1.29 is 18.3 Å². The predicted octanol–water partition coefficient (Wildman–Crippen LogP) is 1.02. The molecule has 0 aromatic heterocycles. The maximum absolute atomic E-state index is 12.0. The van der Waals surface area contributed by atoms with Gasteiger partial charge in [-0.1, -0.05) is 24.3 Å². The molecule has 2 N–H and O–H groups in total. The molecule has 2 rings (SSSR count). The summed E-state index contributed by atoms with van der Waals surface area (Å²) in [6, 6.07) is 6.93. The van der Waals surface area contributed by atoms with Gasteiger partial charge < -0.3 is 9.84 Å². The van der Waals surface area contributed by atoms with Gasteiger partial charge in [0.05, 0.1) is 19.0 Å². The summed E-state index contributed by atoms with van der Waals surface area (Å²) in [4.78, 5) is 0. The van der Waals surface area contributed by atoms with E-state index in [1.54, 1.807) is 24.3 Å². The Labute approximate surface area is 120 Å². The zero-order valence-corrected chi connectivity index (χ0v) is 12.2. The Hall–Kier alpha value is -0.950. The number of sulfonamides is 1. The second-order valence-corrected chi connectivity index (χ2v) is 6.97. The smallest absolute Gasteiger partial charge is 0.215 e. The Morgan fingerprint density at radius 1 is 1.25 bits per heavy atom. The molecule has 0 bridgehead atoms. The third kappa shape index (κ3) is 4.86. The fourth-order valence-corrected chi connectivity index (χ4v) is 3.45. The van der Waals surface area contributed by atoms with Crippen LogP contribution in [0.5, 0.6) is 0 Å². The van der Waals surface area contributed by atoms with Crippen molar-refractivity contribution in [2.75, 3.05) is 19.8 Å². The summed E-state index contributed by atoms with van der Waals surface area (Å²) in [7, 11) is -3.32. The molecular weight excluding hydrogens is 278 g/mol. The average molecular weight is 299 g/mol. The van der Waals surface area contributed by atoms with E-state index in [2.05, 4.69) is 4.72 Å². The van der Waals surface area contributed by atoms with Crippen molar-refractivity contribution in [2.45, 2.75) is 25.2 Å². The Morgan fingerprint density at radius 3 is 2.55 bits per heavy atom. The number of hydrogen-bond acceptors (Lipinski definition) is 4. The minimum Gasteiger partial charge on any atom is -0.392 e. The first-order valence-corrected chi connectivity index (χ1v) is 8.48. The van der Waals surface area contributed by atoms with E-state index in [1.165, 1.54) is 0 Å².